The van der Waals surface area contributed by atoms with Crippen LogP contribution in [0.4, 0.5) is 0 Å². The highest BCUT2D eigenvalue weighted by molar-refractivity contribution is 5.23. The predicted molar refractivity (Wildman–Crippen MR) is 78.3 cm³/mol. The van der Waals surface area contributed by atoms with Gasteiger partial charge in [0.15, 0.2) is 0 Å². The number of nitrogens with zero attached hydrogens (tertiary/aromatic N) is 3. The standard InChI is InChI=1S/C13H17N5O6/c1-5-2-18(17-16-5)3-6-8(12(22)15-13(23)14-6)11-10(21)9(20)7(4-19)24-11/h2,7,9-11,19-21H,3-4H2,1H3,(H2,14,15,22,23)/t7-,9?,10?,11+/m1/s1. The molecule has 0 radical (unpaired) electrons. The molecule has 130 valence electrons. The van der Waals surface area contributed by atoms with Gasteiger partial charge in [0.05, 0.1) is 30.1 Å². The molecule has 0 spiro atoms. The molecule has 4 atom stereocenters. The van der Waals surface area contributed by atoms with Crippen LogP contribution in [-0.2, 0) is 11.3 Å². The van der Waals surface area contributed by atoms with Crippen molar-refractivity contribution in [2.24, 2.45) is 0 Å². The predicted octanol–water partition coefficient (Wildman–Crippen LogP) is -2.83. The minimum absolute atomic E-state index is 0.0157. The molecule has 0 amide bonds. The van der Waals surface area contributed by atoms with Crippen molar-refractivity contribution in [2.45, 2.75) is 37.9 Å². The molecule has 3 rings (SSSR count). The lowest BCUT2D eigenvalue weighted by Gasteiger charge is -2.17. The van der Waals surface area contributed by atoms with Crippen LogP contribution in [0.25, 0.3) is 0 Å². The third kappa shape index (κ3) is 2.89. The highest BCUT2D eigenvalue weighted by Gasteiger charge is 2.45. The SMILES string of the molecule is Cc1cn(Cc2[nH]c(=O)[nH]c(=O)c2[C@@H]2O[C@H](CO)C(O)C2O)nn1. The Balaban J connectivity index is 2.04. The molecule has 0 saturated carbocycles. The third-order valence-corrected chi connectivity index (χ3v) is 3.86. The van der Waals surface area contributed by atoms with Crippen LogP contribution in [0.1, 0.15) is 23.1 Å². The van der Waals surface area contributed by atoms with E-state index in [9.17, 15) is 24.9 Å². The van der Waals surface area contributed by atoms with E-state index in [2.05, 4.69) is 20.3 Å². The zero-order valence-corrected chi connectivity index (χ0v) is 12.7. The molecule has 0 aliphatic carbocycles. The lowest BCUT2D eigenvalue weighted by atomic mass is 10.0. The molecule has 5 N–H and O–H groups in total. The number of hydrogen-bond donors (Lipinski definition) is 5. The van der Waals surface area contributed by atoms with E-state index in [0.717, 1.165) is 0 Å². The number of nitrogens with one attached hydrogen (secondary N) is 2. The van der Waals surface area contributed by atoms with E-state index >= 15 is 0 Å². The van der Waals surface area contributed by atoms with Crippen LogP contribution < -0.4 is 11.2 Å². The van der Waals surface area contributed by atoms with Gasteiger partial charge in [0.2, 0.25) is 0 Å². The maximum atomic E-state index is 12.2. The quantitative estimate of drug-likeness (QED) is 0.397. The number of hydrogen-bond acceptors (Lipinski definition) is 8. The maximum Gasteiger partial charge on any atom is 0.325 e. The molecular weight excluding hydrogens is 322 g/mol. The lowest BCUT2D eigenvalue weighted by molar-refractivity contribution is -0.0235. The van der Waals surface area contributed by atoms with Crippen molar-refractivity contribution in [3.63, 3.8) is 0 Å². The number of H-pyrrole nitrogens is 2. The fourth-order valence-electron chi connectivity index (χ4n) is 2.74. The van der Waals surface area contributed by atoms with Crippen molar-refractivity contribution < 1.29 is 20.1 Å². The zero-order chi connectivity index (χ0) is 17.4. The number of aliphatic hydroxyl groups excluding tert-OH is 3. The smallest absolute Gasteiger partial charge is 0.325 e. The lowest BCUT2D eigenvalue weighted by Crippen LogP contribution is -2.35. The minimum atomic E-state index is -1.43. The van der Waals surface area contributed by atoms with Crippen molar-refractivity contribution in [3.8, 4) is 0 Å². The molecule has 1 aliphatic heterocycles. The molecule has 0 aromatic carbocycles. The van der Waals surface area contributed by atoms with Gasteiger partial charge in [-0.1, -0.05) is 5.21 Å². The van der Waals surface area contributed by atoms with Crippen LogP contribution in [0.2, 0.25) is 0 Å². The molecule has 11 heteroatoms. The first-order valence-corrected chi connectivity index (χ1v) is 7.25. The van der Waals surface area contributed by atoms with Gasteiger partial charge in [-0.2, -0.15) is 0 Å². The maximum absolute atomic E-state index is 12.2. The van der Waals surface area contributed by atoms with Crippen LogP contribution in [0.5, 0.6) is 0 Å². The Kier molecular flexibility index (Phi) is 4.32. The van der Waals surface area contributed by atoms with Crippen LogP contribution in [-0.4, -0.2) is 65.2 Å². The fourth-order valence-corrected chi connectivity index (χ4v) is 2.74. The summed E-state index contributed by atoms with van der Waals surface area (Å²) in [7, 11) is 0. The number of aryl methyl sites for hydroxylation is 1. The average molecular weight is 339 g/mol. The molecule has 1 saturated heterocycles. The van der Waals surface area contributed by atoms with Gasteiger partial charge in [-0.15, -0.1) is 5.10 Å². The summed E-state index contributed by atoms with van der Waals surface area (Å²) in [5.41, 5.74) is -0.687. The second-order valence-electron chi connectivity index (χ2n) is 5.62. The zero-order valence-electron chi connectivity index (χ0n) is 12.7. The van der Waals surface area contributed by atoms with E-state index in [0.29, 0.717) is 5.69 Å². The fraction of sp³-hybridized carbons (Fsp3) is 0.538. The molecule has 2 unspecified atom stereocenters. The average Bonchev–Trinajstić information content (AvgIpc) is 3.04. The summed E-state index contributed by atoms with van der Waals surface area (Å²) in [5.74, 6) is 0. The molecule has 3 heterocycles. The summed E-state index contributed by atoms with van der Waals surface area (Å²) in [4.78, 5) is 28.4. The van der Waals surface area contributed by atoms with Crippen LogP contribution in [0, 0.1) is 6.92 Å². The summed E-state index contributed by atoms with van der Waals surface area (Å²) < 4.78 is 6.80. The molecule has 1 aliphatic rings. The first-order valence-electron chi connectivity index (χ1n) is 7.25. The van der Waals surface area contributed by atoms with E-state index in [1.807, 2.05) is 0 Å². The summed E-state index contributed by atoms with van der Waals surface area (Å²) in [6.07, 6.45) is -3.39. The summed E-state index contributed by atoms with van der Waals surface area (Å²) >= 11 is 0. The number of rotatable bonds is 4. The first kappa shape index (κ1) is 16.5. The number of aromatic nitrogens is 5. The normalized spacial score (nSPS) is 26.8. The molecule has 24 heavy (non-hydrogen) atoms. The van der Waals surface area contributed by atoms with Gasteiger partial charge in [-0.05, 0) is 6.92 Å². The van der Waals surface area contributed by atoms with Gasteiger partial charge in [0.1, 0.15) is 24.4 Å². The summed E-state index contributed by atoms with van der Waals surface area (Å²) in [5, 5.41) is 36.8. The highest BCUT2D eigenvalue weighted by atomic mass is 16.6. The van der Waals surface area contributed by atoms with Gasteiger partial charge in [-0.3, -0.25) is 9.78 Å². The summed E-state index contributed by atoms with van der Waals surface area (Å²) in [6, 6.07) is 0. The van der Waals surface area contributed by atoms with E-state index < -0.39 is 42.3 Å². The highest BCUT2D eigenvalue weighted by Crippen LogP contribution is 2.32. The Morgan fingerprint density at radius 3 is 2.62 bits per heavy atom. The van der Waals surface area contributed by atoms with Crippen LogP contribution in [0.15, 0.2) is 15.8 Å². The largest absolute Gasteiger partial charge is 0.394 e. The second kappa shape index (κ2) is 6.28. The van der Waals surface area contributed by atoms with Gasteiger partial charge in [0, 0.05) is 6.20 Å². The third-order valence-electron chi connectivity index (χ3n) is 3.86. The summed E-state index contributed by atoms with van der Waals surface area (Å²) in [6.45, 7) is 1.23. The minimum Gasteiger partial charge on any atom is -0.394 e. The van der Waals surface area contributed by atoms with Gasteiger partial charge in [-0.25, -0.2) is 9.48 Å². The molecule has 1 fully saturated rings. The van der Waals surface area contributed by atoms with E-state index in [-0.39, 0.29) is 17.8 Å². The van der Waals surface area contributed by atoms with Crippen molar-refractivity contribution in [1.82, 2.24) is 25.0 Å². The topological polar surface area (TPSA) is 166 Å². The number of ether oxygens (including phenoxy) is 1. The molecule has 11 nitrogen and oxygen atoms in total. The van der Waals surface area contributed by atoms with E-state index in [1.165, 1.54) is 4.68 Å². The van der Waals surface area contributed by atoms with Gasteiger partial charge in [0.25, 0.3) is 5.56 Å². The van der Waals surface area contributed by atoms with E-state index in [1.54, 1.807) is 13.1 Å². The second-order valence-corrected chi connectivity index (χ2v) is 5.62. The van der Waals surface area contributed by atoms with E-state index in [4.69, 9.17) is 4.74 Å². The Bertz CT molecular complexity index is 842. The molecule has 2 aromatic heterocycles. The van der Waals surface area contributed by atoms with Crippen molar-refractivity contribution in [3.05, 3.63) is 44.0 Å². The Morgan fingerprint density at radius 1 is 1.29 bits per heavy atom. The van der Waals surface area contributed by atoms with Crippen LogP contribution in [0.3, 0.4) is 0 Å². The van der Waals surface area contributed by atoms with Crippen LogP contribution >= 0.6 is 0 Å². The monoisotopic (exact) mass is 339 g/mol. The Labute approximate surface area is 134 Å². The van der Waals surface area contributed by atoms with Crippen molar-refractivity contribution >= 4 is 0 Å². The number of aromatic amines is 2. The number of aliphatic hydroxyl groups is 3. The molecule has 2 aromatic rings. The van der Waals surface area contributed by atoms with Crippen molar-refractivity contribution in [1.29, 1.82) is 0 Å². The Hall–Kier alpha value is -2.34. The van der Waals surface area contributed by atoms with Gasteiger partial charge < -0.3 is 25.0 Å². The van der Waals surface area contributed by atoms with Gasteiger partial charge >= 0.3 is 5.69 Å². The molecule has 0 bridgehead atoms. The Morgan fingerprint density at radius 2 is 2.04 bits per heavy atom. The molecular formula is C13H17N5O6. The first-order chi connectivity index (χ1) is 11.4. The van der Waals surface area contributed by atoms with Crippen molar-refractivity contribution in [2.75, 3.05) is 6.61 Å².